The maximum atomic E-state index is 9.92. The minimum atomic E-state index is -0.648. The number of benzene rings is 1. The highest BCUT2D eigenvalue weighted by molar-refractivity contribution is 6.13. The van der Waals surface area contributed by atoms with Crippen molar-refractivity contribution in [3.05, 3.63) is 28.8 Å². The van der Waals surface area contributed by atoms with Gasteiger partial charge in [-0.25, -0.2) is 0 Å². The number of nitrogens with one attached hydrogen (secondary N) is 1. The maximum absolute atomic E-state index is 9.92. The van der Waals surface area contributed by atoms with E-state index in [9.17, 15) is 5.11 Å². The second-order valence-electron chi connectivity index (χ2n) is 6.73. The van der Waals surface area contributed by atoms with Crippen molar-refractivity contribution in [2.75, 3.05) is 19.3 Å². The van der Waals surface area contributed by atoms with E-state index in [1.54, 1.807) is 0 Å². The van der Waals surface area contributed by atoms with Crippen molar-refractivity contribution < 1.29 is 5.11 Å². The van der Waals surface area contributed by atoms with Crippen LogP contribution in [0, 0.1) is 0 Å². The molecule has 1 unspecified atom stereocenters. The molecule has 1 aromatic rings. The number of nitrogen functional groups attached to an aromatic ring is 1. The summed E-state index contributed by atoms with van der Waals surface area (Å²) < 4.78 is 0. The molecule has 1 rings (SSSR count). The summed E-state index contributed by atoms with van der Waals surface area (Å²) in [6, 6.07) is 4.36. The van der Waals surface area contributed by atoms with Gasteiger partial charge in [-0.3, -0.25) is 0 Å². The minimum absolute atomic E-state index is 0.402. The molecule has 1 atom stereocenters. The Morgan fingerprint density at radius 2 is 1.90 bits per heavy atom. The van der Waals surface area contributed by atoms with Crippen molar-refractivity contribution in [1.29, 1.82) is 0 Å². The van der Waals surface area contributed by atoms with Crippen molar-refractivity contribution in [1.82, 2.24) is 5.32 Å². The van der Waals surface area contributed by atoms with E-state index in [4.69, 9.17) is 5.73 Å². The van der Waals surface area contributed by atoms with Crippen LogP contribution in [0.2, 0.25) is 0 Å². The fourth-order valence-corrected chi connectivity index (χ4v) is 2.86. The largest absolute Gasteiger partial charge is 0.398 e. The molecule has 0 bridgehead atoms. The lowest BCUT2D eigenvalue weighted by Gasteiger charge is -2.23. The molecule has 0 aliphatic heterocycles. The minimum Gasteiger partial charge on any atom is -0.398 e. The summed E-state index contributed by atoms with van der Waals surface area (Å²) in [4.78, 5) is 0. The molecular formula is C17H31BN2O. The van der Waals surface area contributed by atoms with Crippen molar-refractivity contribution in [3.63, 3.8) is 0 Å². The molecule has 3 nitrogen and oxygen atoms in total. The van der Waals surface area contributed by atoms with Crippen LogP contribution in [-0.2, 0) is 12.8 Å². The highest BCUT2D eigenvalue weighted by atomic mass is 16.3. The lowest BCUT2D eigenvalue weighted by Crippen LogP contribution is -2.22. The smallest absolute Gasteiger partial charge is 0.112 e. The third-order valence-corrected chi connectivity index (χ3v) is 4.00. The standard InChI is InChI=1S/C17H31BN2O/c1-5-6-12-7-8-13(9-10-17(2,3)21)16(19)15(12)14(18)11-20-4/h7-8,14,20-21H,5-6,9-11,18-19H2,1-4H3. The molecule has 0 heterocycles. The summed E-state index contributed by atoms with van der Waals surface area (Å²) in [5.41, 5.74) is 10.6. The van der Waals surface area contributed by atoms with Gasteiger partial charge < -0.3 is 16.2 Å². The quantitative estimate of drug-likeness (QED) is 0.505. The molecule has 0 saturated heterocycles. The number of likely N-dealkylation sites (N-methyl/N-ethyl adjacent to an activating group) is 1. The summed E-state index contributed by atoms with van der Waals surface area (Å²) in [7, 11) is 4.20. The van der Waals surface area contributed by atoms with Crippen LogP contribution in [0.1, 0.15) is 56.1 Å². The van der Waals surface area contributed by atoms with Crippen LogP contribution in [-0.4, -0.2) is 32.1 Å². The first kappa shape index (κ1) is 18.1. The van der Waals surface area contributed by atoms with Crippen LogP contribution in [0.25, 0.3) is 0 Å². The SMILES string of the molecule is BC(CNC)c1c(CCC)ccc(CCC(C)(C)O)c1N. The van der Waals surface area contributed by atoms with E-state index in [1.807, 2.05) is 20.9 Å². The molecule has 0 spiro atoms. The summed E-state index contributed by atoms with van der Waals surface area (Å²) in [5, 5.41) is 13.2. The zero-order valence-electron chi connectivity index (χ0n) is 14.3. The molecule has 0 aliphatic rings. The normalized spacial score (nSPS) is 13.4. The van der Waals surface area contributed by atoms with E-state index in [2.05, 4.69) is 32.2 Å². The first-order valence-corrected chi connectivity index (χ1v) is 8.07. The molecule has 4 heteroatoms. The third kappa shape index (κ3) is 5.37. The number of aliphatic hydroxyl groups is 1. The second kappa shape index (κ2) is 7.86. The molecule has 0 fully saturated rings. The van der Waals surface area contributed by atoms with Gasteiger partial charge in [0.05, 0.1) is 5.60 Å². The lowest BCUT2D eigenvalue weighted by molar-refractivity contribution is 0.0714. The Morgan fingerprint density at radius 1 is 1.29 bits per heavy atom. The van der Waals surface area contributed by atoms with Crippen molar-refractivity contribution in [2.24, 2.45) is 0 Å². The van der Waals surface area contributed by atoms with Crippen molar-refractivity contribution in [3.8, 4) is 0 Å². The van der Waals surface area contributed by atoms with E-state index in [0.29, 0.717) is 5.82 Å². The molecule has 0 saturated carbocycles. The van der Waals surface area contributed by atoms with Gasteiger partial charge >= 0.3 is 0 Å². The summed E-state index contributed by atoms with van der Waals surface area (Å²) in [6.07, 6.45) is 3.74. The van der Waals surface area contributed by atoms with E-state index >= 15 is 0 Å². The molecule has 4 N–H and O–H groups in total. The zero-order valence-corrected chi connectivity index (χ0v) is 14.3. The topological polar surface area (TPSA) is 58.3 Å². The molecule has 118 valence electrons. The molecule has 0 radical (unpaired) electrons. The van der Waals surface area contributed by atoms with Gasteiger partial charge in [-0.05, 0) is 69.2 Å². The summed E-state index contributed by atoms with van der Waals surface area (Å²) >= 11 is 0. The number of aryl methyl sites for hydroxylation is 2. The Labute approximate surface area is 130 Å². The third-order valence-electron chi connectivity index (χ3n) is 4.00. The van der Waals surface area contributed by atoms with Crippen LogP contribution >= 0.6 is 0 Å². The Morgan fingerprint density at radius 3 is 2.43 bits per heavy atom. The van der Waals surface area contributed by atoms with Crippen molar-refractivity contribution in [2.45, 2.75) is 57.9 Å². The molecule has 21 heavy (non-hydrogen) atoms. The monoisotopic (exact) mass is 290 g/mol. The molecule has 0 aliphatic carbocycles. The van der Waals surface area contributed by atoms with Crippen molar-refractivity contribution >= 4 is 13.5 Å². The summed E-state index contributed by atoms with van der Waals surface area (Å²) in [6.45, 7) is 6.82. The van der Waals surface area contributed by atoms with Crippen LogP contribution in [0.5, 0.6) is 0 Å². The predicted molar refractivity (Wildman–Crippen MR) is 94.7 cm³/mol. The molecular weight excluding hydrogens is 259 g/mol. The Kier molecular flexibility index (Phi) is 6.75. The fourth-order valence-electron chi connectivity index (χ4n) is 2.86. The van der Waals surface area contributed by atoms with Gasteiger partial charge in [0.25, 0.3) is 0 Å². The van der Waals surface area contributed by atoms with Crippen LogP contribution < -0.4 is 11.1 Å². The number of nitrogens with two attached hydrogens (primary N) is 1. The average Bonchev–Trinajstić information content (AvgIpc) is 2.37. The van der Waals surface area contributed by atoms with Gasteiger partial charge in [0.15, 0.2) is 0 Å². The van der Waals surface area contributed by atoms with Gasteiger partial charge in [0.2, 0.25) is 0 Å². The fraction of sp³-hybridized carbons (Fsp3) is 0.647. The maximum Gasteiger partial charge on any atom is 0.112 e. The lowest BCUT2D eigenvalue weighted by atomic mass is 9.76. The van der Waals surface area contributed by atoms with E-state index in [0.717, 1.165) is 43.5 Å². The first-order chi connectivity index (χ1) is 9.80. The van der Waals surface area contributed by atoms with Gasteiger partial charge in [-0.2, -0.15) is 0 Å². The van der Waals surface area contributed by atoms with Crippen LogP contribution in [0.15, 0.2) is 12.1 Å². The Balaban J connectivity index is 3.10. The van der Waals surface area contributed by atoms with E-state index in [1.165, 1.54) is 11.1 Å². The van der Waals surface area contributed by atoms with Gasteiger partial charge in [0, 0.05) is 5.69 Å². The Bertz CT molecular complexity index is 455. The number of hydrogen-bond acceptors (Lipinski definition) is 3. The molecule has 1 aromatic carbocycles. The second-order valence-corrected chi connectivity index (χ2v) is 6.73. The molecule has 0 amide bonds. The number of anilines is 1. The van der Waals surface area contributed by atoms with Crippen LogP contribution in [0.3, 0.4) is 0 Å². The predicted octanol–water partition coefficient (Wildman–Crippen LogP) is 1.82. The first-order valence-electron chi connectivity index (χ1n) is 8.07. The average molecular weight is 290 g/mol. The highest BCUT2D eigenvalue weighted by Crippen LogP contribution is 2.30. The highest BCUT2D eigenvalue weighted by Gasteiger charge is 2.18. The number of hydrogen-bond donors (Lipinski definition) is 3. The molecule has 0 aromatic heterocycles. The van der Waals surface area contributed by atoms with Crippen LogP contribution in [0.4, 0.5) is 5.69 Å². The summed E-state index contributed by atoms with van der Waals surface area (Å²) in [5.74, 6) is 0.402. The number of rotatable bonds is 8. The van der Waals surface area contributed by atoms with Gasteiger partial charge in [-0.15, -0.1) is 0 Å². The zero-order chi connectivity index (χ0) is 16.0. The Hall–Kier alpha value is -0.995. The van der Waals surface area contributed by atoms with E-state index < -0.39 is 5.60 Å². The van der Waals surface area contributed by atoms with E-state index in [-0.39, 0.29) is 0 Å². The van der Waals surface area contributed by atoms with Gasteiger partial charge in [0.1, 0.15) is 7.85 Å². The van der Waals surface area contributed by atoms with Gasteiger partial charge in [-0.1, -0.05) is 25.5 Å².